The van der Waals surface area contributed by atoms with E-state index in [1.54, 1.807) is 19.4 Å². The monoisotopic (exact) mass is 522 g/mol. The van der Waals surface area contributed by atoms with Gasteiger partial charge in [0.1, 0.15) is 17.7 Å². The largest absolute Gasteiger partial charge is 0.495 e. The second-order valence-electron chi connectivity index (χ2n) is 10.2. The summed E-state index contributed by atoms with van der Waals surface area (Å²) in [6.45, 7) is 7.64. The van der Waals surface area contributed by atoms with Crippen molar-refractivity contribution in [2.75, 3.05) is 46.2 Å². The average molecular weight is 523 g/mol. The number of aryl methyl sites for hydroxylation is 1. The Kier molecular flexibility index (Phi) is 8.51. The highest BCUT2D eigenvalue weighted by atomic mass is 16.6. The topological polar surface area (TPSA) is 101 Å². The minimum atomic E-state index is -0.513. The summed E-state index contributed by atoms with van der Waals surface area (Å²) in [5.41, 5.74) is 3.92. The highest BCUT2D eigenvalue weighted by Gasteiger charge is 2.31. The molecule has 1 N–H and O–H groups in total. The molecule has 1 fully saturated rings. The number of ether oxygens (including phenoxy) is 2. The summed E-state index contributed by atoms with van der Waals surface area (Å²) in [6, 6.07) is 5.58. The highest BCUT2D eigenvalue weighted by molar-refractivity contribution is 5.89. The predicted octanol–water partition coefficient (Wildman–Crippen LogP) is 4.33. The average Bonchev–Trinajstić information content (AvgIpc) is 3.50. The Bertz CT molecular complexity index is 1300. The third kappa shape index (κ3) is 5.91. The van der Waals surface area contributed by atoms with E-state index < -0.39 is 6.09 Å². The van der Waals surface area contributed by atoms with Crippen LogP contribution in [0.2, 0.25) is 0 Å². The standard InChI is InChI=1S/C28H38N6O4/c1-7-8-18(2)38-28(36)30-22-10-9-20(15-23(22)37-6)25-26-19(3)29-12-14-34(26)27(31-25)21-11-13-33(16-21)24(35)17-32(4)5/h9-10,12,14-15,18,21H,7-8,11,13,16-17H2,1-6H3,(H,30,36)/t18?,21-/m1/s1. The number of carbonyl (C=O) groups is 2. The first-order chi connectivity index (χ1) is 18.2. The number of fused-ring (bicyclic) bond motifs is 1. The van der Waals surface area contributed by atoms with E-state index in [-0.39, 0.29) is 17.9 Å². The van der Waals surface area contributed by atoms with E-state index in [1.807, 2.05) is 56.1 Å². The molecule has 38 heavy (non-hydrogen) atoms. The number of anilines is 1. The van der Waals surface area contributed by atoms with E-state index in [2.05, 4.69) is 21.6 Å². The molecule has 1 aliphatic rings. The van der Waals surface area contributed by atoms with Crippen molar-refractivity contribution in [3.05, 3.63) is 42.1 Å². The van der Waals surface area contributed by atoms with Crippen LogP contribution in [-0.2, 0) is 9.53 Å². The zero-order chi connectivity index (χ0) is 27.4. The van der Waals surface area contributed by atoms with Gasteiger partial charge in [-0.2, -0.15) is 0 Å². The van der Waals surface area contributed by atoms with Crippen molar-refractivity contribution in [1.29, 1.82) is 0 Å². The number of amides is 2. The van der Waals surface area contributed by atoms with Crippen LogP contribution in [0.3, 0.4) is 0 Å². The Morgan fingerprint density at radius 3 is 2.79 bits per heavy atom. The number of likely N-dealkylation sites (tertiary alicyclic amines) is 1. The second kappa shape index (κ2) is 11.8. The van der Waals surface area contributed by atoms with Crippen molar-refractivity contribution < 1.29 is 19.1 Å². The molecule has 1 unspecified atom stereocenters. The van der Waals surface area contributed by atoms with Crippen LogP contribution < -0.4 is 10.1 Å². The lowest BCUT2D eigenvalue weighted by molar-refractivity contribution is -0.130. The molecular weight excluding hydrogens is 484 g/mol. The van der Waals surface area contributed by atoms with Crippen molar-refractivity contribution in [2.45, 2.75) is 52.1 Å². The van der Waals surface area contributed by atoms with Crippen LogP contribution in [0.4, 0.5) is 10.5 Å². The molecule has 3 aromatic rings. The SMILES string of the molecule is CCCC(C)OC(=O)Nc1ccc(-c2nc([C@@H]3CCN(C(=O)CN(C)C)C3)n3ccnc(C)c23)cc1OC. The van der Waals surface area contributed by atoms with Crippen molar-refractivity contribution in [1.82, 2.24) is 24.2 Å². The fourth-order valence-corrected chi connectivity index (χ4v) is 5.01. The van der Waals surface area contributed by atoms with Crippen LogP contribution in [0.1, 0.15) is 50.5 Å². The minimum absolute atomic E-state index is 0.117. The molecule has 1 saturated heterocycles. The summed E-state index contributed by atoms with van der Waals surface area (Å²) in [5.74, 6) is 1.67. The van der Waals surface area contributed by atoms with E-state index in [1.165, 1.54) is 0 Å². The highest BCUT2D eigenvalue weighted by Crippen LogP contribution is 2.36. The van der Waals surface area contributed by atoms with E-state index in [4.69, 9.17) is 14.5 Å². The lowest BCUT2D eigenvalue weighted by Gasteiger charge is -2.18. The molecule has 3 heterocycles. The molecular formula is C28H38N6O4. The van der Waals surface area contributed by atoms with E-state index >= 15 is 0 Å². The van der Waals surface area contributed by atoms with Gasteiger partial charge in [-0.15, -0.1) is 0 Å². The summed E-state index contributed by atoms with van der Waals surface area (Å²) >= 11 is 0. The molecule has 2 atom stereocenters. The second-order valence-corrected chi connectivity index (χ2v) is 10.2. The van der Waals surface area contributed by atoms with Gasteiger partial charge in [0.25, 0.3) is 0 Å². The minimum Gasteiger partial charge on any atom is -0.495 e. The van der Waals surface area contributed by atoms with Crippen LogP contribution in [0.5, 0.6) is 5.75 Å². The lowest BCUT2D eigenvalue weighted by atomic mass is 10.1. The summed E-state index contributed by atoms with van der Waals surface area (Å²) < 4.78 is 13.1. The van der Waals surface area contributed by atoms with Gasteiger partial charge in [-0.05, 0) is 52.9 Å². The number of nitrogens with zero attached hydrogens (tertiary/aromatic N) is 5. The summed E-state index contributed by atoms with van der Waals surface area (Å²) in [4.78, 5) is 38.4. The third-order valence-corrected chi connectivity index (χ3v) is 6.84. The Labute approximate surface area is 223 Å². The van der Waals surface area contributed by atoms with Gasteiger partial charge < -0.3 is 19.3 Å². The Hall–Kier alpha value is -3.66. The van der Waals surface area contributed by atoms with Crippen molar-refractivity contribution >= 4 is 23.2 Å². The zero-order valence-electron chi connectivity index (χ0n) is 23.2. The molecule has 0 aliphatic carbocycles. The molecule has 10 nitrogen and oxygen atoms in total. The number of methoxy groups -OCH3 is 1. The van der Waals surface area contributed by atoms with E-state index in [9.17, 15) is 9.59 Å². The smallest absolute Gasteiger partial charge is 0.412 e. The quantitative estimate of drug-likeness (QED) is 0.446. The van der Waals surface area contributed by atoms with Gasteiger partial charge in [-0.1, -0.05) is 19.4 Å². The molecule has 2 aromatic heterocycles. The molecule has 0 radical (unpaired) electrons. The number of imidazole rings is 1. The summed E-state index contributed by atoms with van der Waals surface area (Å²) in [7, 11) is 5.37. The van der Waals surface area contributed by atoms with E-state index in [0.29, 0.717) is 31.1 Å². The normalized spacial score (nSPS) is 16.2. The van der Waals surface area contributed by atoms with Gasteiger partial charge in [-0.3, -0.25) is 19.5 Å². The molecule has 1 aromatic carbocycles. The lowest BCUT2D eigenvalue weighted by Crippen LogP contribution is -2.36. The maximum atomic E-state index is 12.6. The number of benzene rings is 1. The van der Waals surface area contributed by atoms with Crippen molar-refractivity contribution in [3.8, 4) is 17.0 Å². The van der Waals surface area contributed by atoms with Crippen LogP contribution in [0, 0.1) is 6.92 Å². The van der Waals surface area contributed by atoms with Gasteiger partial charge >= 0.3 is 6.09 Å². The number of hydrogen-bond donors (Lipinski definition) is 1. The van der Waals surface area contributed by atoms with Gasteiger partial charge in [0.2, 0.25) is 5.91 Å². The Morgan fingerprint density at radius 1 is 1.29 bits per heavy atom. The summed E-state index contributed by atoms with van der Waals surface area (Å²) in [5, 5.41) is 2.79. The van der Waals surface area contributed by atoms with Crippen LogP contribution in [0.15, 0.2) is 30.6 Å². The molecule has 1 aliphatic heterocycles. The van der Waals surface area contributed by atoms with Crippen molar-refractivity contribution in [2.24, 2.45) is 0 Å². The molecule has 10 heteroatoms. The number of nitrogens with one attached hydrogen (secondary N) is 1. The molecule has 0 saturated carbocycles. The first kappa shape index (κ1) is 27.4. The number of hydrogen-bond acceptors (Lipinski definition) is 7. The molecule has 0 bridgehead atoms. The van der Waals surface area contributed by atoms with Crippen molar-refractivity contribution in [3.63, 3.8) is 0 Å². The molecule has 204 valence electrons. The first-order valence-corrected chi connectivity index (χ1v) is 13.1. The molecule has 4 rings (SSSR count). The van der Waals surface area contributed by atoms with Gasteiger partial charge in [0.05, 0.1) is 36.2 Å². The maximum absolute atomic E-state index is 12.6. The molecule has 0 spiro atoms. The summed E-state index contributed by atoms with van der Waals surface area (Å²) in [6.07, 6.45) is 5.62. The predicted molar refractivity (Wildman–Crippen MR) is 147 cm³/mol. The fraction of sp³-hybridized carbons (Fsp3) is 0.500. The van der Waals surface area contributed by atoms with Gasteiger partial charge in [0.15, 0.2) is 0 Å². The maximum Gasteiger partial charge on any atom is 0.412 e. The number of aromatic nitrogens is 3. The number of rotatable bonds is 9. The molecule has 2 amide bonds. The van der Waals surface area contributed by atoms with E-state index in [0.717, 1.165) is 47.6 Å². The van der Waals surface area contributed by atoms with Crippen LogP contribution in [-0.4, -0.2) is 83.1 Å². The zero-order valence-corrected chi connectivity index (χ0v) is 23.2. The Balaban J connectivity index is 1.64. The third-order valence-electron chi connectivity index (χ3n) is 6.84. The van der Waals surface area contributed by atoms with Gasteiger partial charge in [0, 0.05) is 37.0 Å². The number of likely N-dealkylation sites (N-methyl/N-ethyl adjacent to an activating group) is 1. The Morgan fingerprint density at radius 2 is 2.08 bits per heavy atom. The fourth-order valence-electron chi connectivity index (χ4n) is 5.01. The van der Waals surface area contributed by atoms with Crippen LogP contribution >= 0.6 is 0 Å². The first-order valence-electron chi connectivity index (χ1n) is 13.1. The number of carbonyl (C=O) groups excluding carboxylic acids is 2. The van der Waals surface area contributed by atoms with Crippen LogP contribution in [0.25, 0.3) is 16.8 Å². The van der Waals surface area contributed by atoms with Gasteiger partial charge in [-0.25, -0.2) is 9.78 Å².